The minimum atomic E-state index is -3.79. The highest BCUT2D eigenvalue weighted by Gasteiger charge is 2.23. The molecule has 2 N–H and O–H groups in total. The molecule has 1 aliphatic rings. The highest BCUT2D eigenvalue weighted by atomic mass is 35.5. The van der Waals surface area contributed by atoms with Crippen molar-refractivity contribution in [1.29, 1.82) is 0 Å². The van der Waals surface area contributed by atoms with E-state index < -0.39 is 10.0 Å². The van der Waals surface area contributed by atoms with Crippen LogP contribution in [0.15, 0.2) is 47.4 Å². The largest absolute Gasteiger partial charge is 0.336 e. The predicted molar refractivity (Wildman–Crippen MR) is 109 cm³/mol. The molecular formula is C19H24ClN3O3S. The number of piperazine rings is 1. The number of carbonyl (C=O) groups is 1. The lowest BCUT2D eigenvalue weighted by molar-refractivity contribution is 0.0737. The molecular weight excluding hydrogens is 386 g/mol. The fourth-order valence-electron chi connectivity index (χ4n) is 2.99. The van der Waals surface area contributed by atoms with Crippen molar-refractivity contribution >= 4 is 34.0 Å². The lowest BCUT2D eigenvalue weighted by atomic mass is 10.1. The molecule has 1 saturated heterocycles. The number of nitrogens with zero attached hydrogens (tertiary/aromatic N) is 1. The van der Waals surface area contributed by atoms with Gasteiger partial charge >= 0.3 is 0 Å². The van der Waals surface area contributed by atoms with Gasteiger partial charge in [-0.2, -0.15) is 0 Å². The van der Waals surface area contributed by atoms with E-state index >= 15 is 0 Å². The zero-order valence-electron chi connectivity index (χ0n) is 15.4. The number of amides is 1. The van der Waals surface area contributed by atoms with E-state index in [1.807, 2.05) is 13.0 Å². The summed E-state index contributed by atoms with van der Waals surface area (Å²) < 4.78 is 28.4. The maximum absolute atomic E-state index is 12.9. The van der Waals surface area contributed by atoms with Crippen molar-refractivity contribution < 1.29 is 13.2 Å². The molecule has 2 aromatic carbocycles. The molecule has 1 aliphatic heterocycles. The van der Waals surface area contributed by atoms with Crippen molar-refractivity contribution in [1.82, 2.24) is 10.2 Å². The molecule has 3 rings (SSSR count). The van der Waals surface area contributed by atoms with Gasteiger partial charge in [0.05, 0.1) is 16.1 Å². The number of nitrogens with one attached hydrogen (secondary N) is 2. The van der Waals surface area contributed by atoms with Crippen LogP contribution >= 0.6 is 12.4 Å². The molecule has 0 aromatic heterocycles. The molecule has 0 unspecified atom stereocenters. The van der Waals surface area contributed by atoms with E-state index in [0.29, 0.717) is 29.9 Å². The Morgan fingerprint density at radius 1 is 1.07 bits per heavy atom. The first-order valence-electron chi connectivity index (χ1n) is 8.57. The van der Waals surface area contributed by atoms with Gasteiger partial charge in [-0.15, -0.1) is 12.4 Å². The summed E-state index contributed by atoms with van der Waals surface area (Å²) in [4.78, 5) is 14.8. The smallest absolute Gasteiger partial charge is 0.262 e. The molecule has 6 nitrogen and oxygen atoms in total. The fourth-order valence-corrected chi connectivity index (χ4v) is 4.40. The Morgan fingerprint density at radius 3 is 2.44 bits per heavy atom. The molecule has 146 valence electrons. The van der Waals surface area contributed by atoms with Gasteiger partial charge in [-0.05, 0) is 43.2 Å². The normalized spacial score (nSPS) is 14.4. The summed E-state index contributed by atoms with van der Waals surface area (Å²) in [7, 11) is -3.79. The molecule has 2 aromatic rings. The second-order valence-corrected chi connectivity index (χ2v) is 8.11. The highest BCUT2D eigenvalue weighted by Crippen LogP contribution is 2.24. The zero-order chi connectivity index (χ0) is 18.7. The van der Waals surface area contributed by atoms with Crippen molar-refractivity contribution in [3.63, 3.8) is 0 Å². The third kappa shape index (κ3) is 4.80. The van der Waals surface area contributed by atoms with Crippen LogP contribution in [-0.4, -0.2) is 45.4 Å². The molecule has 0 saturated carbocycles. The molecule has 27 heavy (non-hydrogen) atoms. The third-order valence-corrected chi connectivity index (χ3v) is 5.95. The molecule has 1 fully saturated rings. The Bertz CT molecular complexity index is 926. The number of para-hydroxylation sites is 1. The van der Waals surface area contributed by atoms with E-state index in [1.54, 1.807) is 48.2 Å². The topological polar surface area (TPSA) is 78.5 Å². The lowest BCUT2D eigenvalue weighted by Crippen LogP contribution is -2.46. The van der Waals surface area contributed by atoms with Crippen LogP contribution in [0.2, 0.25) is 0 Å². The summed E-state index contributed by atoms with van der Waals surface area (Å²) in [5, 5.41) is 3.20. The van der Waals surface area contributed by atoms with E-state index in [4.69, 9.17) is 0 Å². The zero-order valence-corrected chi connectivity index (χ0v) is 17.0. The van der Waals surface area contributed by atoms with Gasteiger partial charge in [0.1, 0.15) is 0 Å². The highest BCUT2D eigenvalue weighted by molar-refractivity contribution is 7.92. The number of anilines is 1. The molecule has 0 spiro atoms. The number of aryl methyl sites for hydroxylation is 2. The predicted octanol–water partition coefficient (Wildman–Crippen LogP) is 2.57. The van der Waals surface area contributed by atoms with Gasteiger partial charge in [0.25, 0.3) is 15.9 Å². The number of benzene rings is 2. The quantitative estimate of drug-likeness (QED) is 0.813. The molecule has 0 aliphatic carbocycles. The van der Waals surface area contributed by atoms with E-state index in [2.05, 4.69) is 10.0 Å². The van der Waals surface area contributed by atoms with E-state index in [-0.39, 0.29) is 23.2 Å². The molecule has 0 bridgehead atoms. The van der Waals surface area contributed by atoms with Gasteiger partial charge < -0.3 is 10.2 Å². The van der Waals surface area contributed by atoms with Gasteiger partial charge in [-0.1, -0.05) is 24.3 Å². The van der Waals surface area contributed by atoms with Crippen LogP contribution in [0, 0.1) is 13.8 Å². The summed E-state index contributed by atoms with van der Waals surface area (Å²) in [6.07, 6.45) is 0. The maximum Gasteiger partial charge on any atom is 0.262 e. The molecule has 8 heteroatoms. The van der Waals surface area contributed by atoms with Crippen LogP contribution < -0.4 is 10.0 Å². The monoisotopic (exact) mass is 409 g/mol. The lowest BCUT2D eigenvalue weighted by Gasteiger charge is -2.28. The molecule has 0 radical (unpaired) electrons. The third-order valence-electron chi connectivity index (χ3n) is 4.44. The summed E-state index contributed by atoms with van der Waals surface area (Å²) in [6.45, 7) is 6.30. The van der Waals surface area contributed by atoms with E-state index in [9.17, 15) is 13.2 Å². The number of carbonyl (C=O) groups excluding carboxylic acids is 1. The number of sulfonamides is 1. The Labute approximate surface area is 166 Å². The van der Waals surface area contributed by atoms with Crippen molar-refractivity contribution in [2.75, 3.05) is 30.9 Å². The molecule has 0 atom stereocenters. The number of hydrogen-bond acceptors (Lipinski definition) is 4. The first-order valence-corrected chi connectivity index (χ1v) is 10.1. The fraction of sp³-hybridized carbons (Fsp3) is 0.316. The van der Waals surface area contributed by atoms with Crippen molar-refractivity contribution in [3.8, 4) is 0 Å². The van der Waals surface area contributed by atoms with Crippen LogP contribution in [0.5, 0.6) is 0 Å². The second kappa shape index (κ2) is 8.73. The summed E-state index contributed by atoms with van der Waals surface area (Å²) in [5.74, 6) is -0.161. The Morgan fingerprint density at radius 2 is 1.74 bits per heavy atom. The standard InChI is InChI=1S/C19H23N3O3S.ClH/c1-14-7-8-15(2)18(13-14)26(24,25)21-17-6-4-3-5-16(17)19(23)22-11-9-20-10-12-22;/h3-8,13,20-21H,9-12H2,1-2H3;1H. The Hall–Kier alpha value is -2.09. The van der Waals surface area contributed by atoms with E-state index in [1.165, 1.54) is 0 Å². The number of hydrogen-bond donors (Lipinski definition) is 2. The van der Waals surface area contributed by atoms with Crippen LogP contribution in [0.1, 0.15) is 21.5 Å². The van der Waals surface area contributed by atoms with Crippen LogP contribution in [0.3, 0.4) is 0 Å². The summed E-state index contributed by atoms with van der Waals surface area (Å²) in [6, 6.07) is 12.0. The molecule has 1 heterocycles. The van der Waals surface area contributed by atoms with Gasteiger partial charge in [-0.25, -0.2) is 8.42 Å². The van der Waals surface area contributed by atoms with Gasteiger partial charge in [-0.3, -0.25) is 9.52 Å². The number of rotatable bonds is 4. The summed E-state index contributed by atoms with van der Waals surface area (Å²) >= 11 is 0. The average Bonchev–Trinajstić information content (AvgIpc) is 2.64. The first-order chi connectivity index (χ1) is 12.4. The number of halogens is 1. The van der Waals surface area contributed by atoms with Crippen molar-refractivity contribution in [2.24, 2.45) is 0 Å². The Balaban J connectivity index is 0.00000261. The first kappa shape index (κ1) is 21.2. The minimum absolute atomic E-state index is 0. The van der Waals surface area contributed by atoms with Gasteiger partial charge in [0.15, 0.2) is 0 Å². The summed E-state index contributed by atoms with van der Waals surface area (Å²) in [5.41, 5.74) is 2.19. The molecule has 1 amide bonds. The second-order valence-electron chi connectivity index (χ2n) is 6.46. The van der Waals surface area contributed by atoms with Crippen LogP contribution in [-0.2, 0) is 10.0 Å². The van der Waals surface area contributed by atoms with Crippen LogP contribution in [0.4, 0.5) is 5.69 Å². The van der Waals surface area contributed by atoms with Gasteiger partial charge in [0, 0.05) is 26.2 Å². The minimum Gasteiger partial charge on any atom is -0.336 e. The maximum atomic E-state index is 12.9. The van der Waals surface area contributed by atoms with Gasteiger partial charge in [0.2, 0.25) is 0 Å². The van der Waals surface area contributed by atoms with Crippen molar-refractivity contribution in [3.05, 3.63) is 59.2 Å². The van der Waals surface area contributed by atoms with Crippen LogP contribution in [0.25, 0.3) is 0 Å². The van der Waals surface area contributed by atoms with Crippen molar-refractivity contribution in [2.45, 2.75) is 18.7 Å². The van der Waals surface area contributed by atoms with E-state index in [0.717, 1.165) is 18.7 Å². The SMILES string of the molecule is Cc1ccc(C)c(S(=O)(=O)Nc2ccccc2C(=O)N2CCNCC2)c1.Cl. The Kier molecular flexibility index (Phi) is 6.86. The average molecular weight is 410 g/mol.